The maximum absolute atomic E-state index is 11.5. The zero-order valence-electron chi connectivity index (χ0n) is 11.1. The molecule has 0 fully saturated rings. The highest BCUT2D eigenvalue weighted by Crippen LogP contribution is 2.35. The normalized spacial score (nSPS) is 18.4. The summed E-state index contributed by atoms with van der Waals surface area (Å²) in [6, 6.07) is 3.88. The zero-order chi connectivity index (χ0) is 13.6. The maximum Gasteiger partial charge on any atom is 0.252 e. The van der Waals surface area contributed by atoms with E-state index in [0.717, 1.165) is 17.3 Å². The standard InChI is InChI=1S/C14H17N3O2/c1-17(2)9-5-8-6-16-11-4-3-10(14(15)18)13(12(8)11)19-7-9/h3-4,6,9,16H,5,7H2,1-2H3,(H2,15,18). The highest BCUT2D eigenvalue weighted by molar-refractivity contribution is 6.03. The summed E-state index contributed by atoms with van der Waals surface area (Å²) < 4.78 is 5.88. The summed E-state index contributed by atoms with van der Waals surface area (Å²) in [5.74, 6) is 0.165. The summed E-state index contributed by atoms with van der Waals surface area (Å²) in [5, 5.41) is 0.987. The Kier molecular flexibility index (Phi) is 2.71. The van der Waals surface area contributed by atoms with Gasteiger partial charge < -0.3 is 20.4 Å². The fourth-order valence-electron chi connectivity index (χ4n) is 2.59. The Labute approximate surface area is 111 Å². The second-order valence-electron chi connectivity index (χ2n) is 5.18. The number of amides is 1. The summed E-state index contributed by atoms with van der Waals surface area (Å²) >= 11 is 0. The van der Waals surface area contributed by atoms with Crippen LogP contribution in [0.3, 0.4) is 0 Å². The first-order valence-electron chi connectivity index (χ1n) is 6.30. The number of aromatic nitrogens is 1. The van der Waals surface area contributed by atoms with Crippen molar-refractivity contribution < 1.29 is 9.53 Å². The Morgan fingerprint density at radius 3 is 2.95 bits per heavy atom. The minimum absolute atomic E-state index is 0.284. The van der Waals surface area contributed by atoms with Gasteiger partial charge in [-0.2, -0.15) is 0 Å². The summed E-state index contributed by atoms with van der Waals surface area (Å²) in [6.45, 7) is 0.557. The minimum Gasteiger partial charge on any atom is -0.490 e. The smallest absolute Gasteiger partial charge is 0.252 e. The molecule has 2 aromatic rings. The quantitative estimate of drug-likeness (QED) is 0.849. The summed E-state index contributed by atoms with van der Waals surface area (Å²) in [5.41, 5.74) is 8.03. The van der Waals surface area contributed by atoms with E-state index in [1.54, 1.807) is 6.07 Å². The van der Waals surface area contributed by atoms with Crippen molar-refractivity contribution in [3.8, 4) is 5.75 Å². The van der Waals surface area contributed by atoms with Gasteiger partial charge in [0.1, 0.15) is 12.4 Å². The van der Waals surface area contributed by atoms with E-state index in [1.165, 1.54) is 5.56 Å². The van der Waals surface area contributed by atoms with E-state index in [1.807, 2.05) is 26.4 Å². The maximum atomic E-state index is 11.5. The molecule has 100 valence electrons. The molecule has 0 radical (unpaired) electrons. The van der Waals surface area contributed by atoms with Gasteiger partial charge in [0.05, 0.1) is 5.56 Å². The highest BCUT2D eigenvalue weighted by Gasteiger charge is 2.25. The molecule has 1 aliphatic heterocycles. The number of aromatic amines is 1. The number of hydrogen-bond donors (Lipinski definition) is 2. The number of benzene rings is 1. The van der Waals surface area contributed by atoms with E-state index in [-0.39, 0.29) is 6.04 Å². The van der Waals surface area contributed by atoms with Crippen molar-refractivity contribution in [2.45, 2.75) is 12.5 Å². The van der Waals surface area contributed by atoms with E-state index in [0.29, 0.717) is 17.9 Å². The second-order valence-corrected chi connectivity index (χ2v) is 5.18. The Morgan fingerprint density at radius 2 is 2.26 bits per heavy atom. The van der Waals surface area contributed by atoms with Gasteiger partial charge in [-0.3, -0.25) is 4.79 Å². The van der Waals surface area contributed by atoms with Crippen molar-refractivity contribution in [2.75, 3.05) is 20.7 Å². The second kappa shape index (κ2) is 4.28. The van der Waals surface area contributed by atoms with E-state index in [2.05, 4.69) is 9.88 Å². The van der Waals surface area contributed by atoms with Crippen molar-refractivity contribution in [3.05, 3.63) is 29.5 Å². The fourth-order valence-corrected chi connectivity index (χ4v) is 2.59. The van der Waals surface area contributed by atoms with Crippen molar-refractivity contribution in [2.24, 2.45) is 5.73 Å². The third-order valence-corrected chi connectivity index (χ3v) is 3.75. The lowest BCUT2D eigenvalue weighted by Gasteiger charge is -2.22. The van der Waals surface area contributed by atoms with E-state index < -0.39 is 5.91 Å². The van der Waals surface area contributed by atoms with Gasteiger partial charge in [-0.15, -0.1) is 0 Å². The number of nitrogens with zero attached hydrogens (tertiary/aromatic N) is 1. The molecular formula is C14H17N3O2. The van der Waals surface area contributed by atoms with Crippen molar-refractivity contribution in [3.63, 3.8) is 0 Å². The lowest BCUT2D eigenvalue weighted by atomic mass is 10.0. The number of hydrogen-bond acceptors (Lipinski definition) is 3. The van der Waals surface area contributed by atoms with Crippen molar-refractivity contribution in [1.82, 2.24) is 9.88 Å². The summed E-state index contributed by atoms with van der Waals surface area (Å²) in [6.07, 6.45) is 2.88. The van der Waals surface area contributed by atoms with Gasteiger partial charge in [-0.25, -0.2) is 0 Å². The molecule has 19 heavy (non-hydrogen) atoms. The minimum atomic E-state index is -0.452. The molecule has 2 heterocycles. The van der Waals surface area contributed by atoms with Gasteiger partial charge in [0, 0.05) is 23.1 Å². The average molecular weight is 259 g/mol. The van der Waals surface area contributed by atoms with Gasteiger partial charge in [0.15, 0.2) is 0 Å². The van der Waals surface area contributed by atoms with Crippen LogP contribution >= 0.6 is 0 Å². The SMILES string of the molecule is CN(C)C1COc2c(C(N)=O)ccc3[nH]cc(c23)C1. The van der Waals surface area contributed by atoms with Crippen LogP contribution in [0, 0.1) is 0 Å². The molecule has 5 heteroatoms. The fraction of sp³-hybridized carbons (Fsp3) is 0.357. The third kappa shape index (κ3) is 1.86. The molecule has 1 amide bonds. The molecule has 5 nitrogen and oxygen atoms in total. The Morgan fingerprint density at radius 1 is 1.47 bits per heavy atom. The summed E-state index contributed by atoms with van der Waals surface area (Å²) in [4.78, 5) is 16.9. The lowest BCUT2D eigenvalue weighted by Crippen LogP contribution is -2.34. The molecule has 0 saturated carbocycles. The third-order valence-electron chi connectivity index (χ3n) is 3.75. The van der Waals surface area contributed by atoms with E-state index >= 15 is 0 Å². The summed E-state index contributed by atoms with van der Waals surface area (Å²) in [7, 11) is 4.06. The number of H-pyrrole nitrogens is 1. The van der Waals surface area contributed by atoms with Crippen LogP contribution in [0.2, 0.25) is 0 Å². The van der Waals surface area contributed by atoms with Gasteiger partial charge in [-0.05, 0) is 38.2 Å². The van der Waals surface area contributed by atoms with Crippen LogP contribution < -0.4 is 10.5 Å². The average Bonchev–Trinajstić information content (AvgIpc) is 2.65. The van der Waals surface area contributed by atoms with Crippen LogP contribution in [0.25, 0.3) is 10.9 Å². The Bertz CT molecular complexity index is 645. The largest absolute Gasteiger partial charge is 0.490 e. The molecule has 0 aliphatic carbocycles. The molecule has 0 bridgehead atoms. The molecule has 3 N–H and O–H groups in total. The van der Waals surface area contributed by atoms with Crippen LogP contribution in [-0.2, 0) is 6.42 Å². The van der Waals surface area contributed by atoms with E-state index in [9.17, 15) is 4.79 Å². The number of primary amides is 1. The molecule has 0 saturated heterocycles. The molecule has 1 aliphatic rings. The van der Waals surface area contributed by atoms with Crippen LogP contribution in [-0.4, -0.2) is 42.5 Å². The molecular weight excluding hydrogens is 242 g/mol. The number of ether oxygens (including phenoxy) is 1. The molecule has 1 aromatic carbocycles. The highest BCUT2D eigenvalue weighted by atomic mass is 16.5. The monoisotopic (exact) mass is 259 g/mol. The Hall–Kier alpha value is -2.01. The molecule has 3 rings (SSSR count). The topological polar surface area (TPSA) is 71.3 Å². The number of carbonyl (C=O) groups excluding carboxylic acids is 1. The van der Waals surface area contributed by atoms with Gasteiger partial charge >= 0.3 is 0 Å². The number of carbonyl (C=O) groups is 1. The zero-order valence-corrected chi connectivity index (χ0v) is 11.1. The number of nitrogens with two attached hydrogens (primary N) is 1. The van der Waals surface area contributed by atoms with Crippen LogP contribution in [0.1, 0.15) is 15.9 Å². The first-order valence-corrected chi connectivity index (χ1v) is 6.30. The predicted octanol–water partition coefficient (Wildman–Crippen LogP) is 1.13. The van der Waals surface area contributed by atoms with E-state index in [4.69, 9.17) is 10.5 Å². The molecule has 1 aromatic heterocycles. The van der Waals surface area contributed by atoms with Crippen LogP contribution in [0.5, 0.6) is 5.75 Å². The van der Waals surface area contributed by atoms with Gasteiger partial charge in [0.25, 0.3) is 5.91 Å². The van der Waals surface area contributed by atoms with Crippen LogP contribution in [0.4, 0.5) is 0 Å². The number of likely N-dealkylation sites (N-methyl/N-ethyl adjacent to an activating group) is 1. The molecule has 1 atom stereocenters. The predicted molar refractivity (Wildman–Crippen MR) is 73.5 cm³/mol. The number of rotatable bonds is 2. The first kappa shape index (κ1) is 12.0. The van der Waals surface area contributed by atoms with Crippen LogP contribution in [0.15, 0.2) is 18.3 Å². The van der Waals surface area contributed by atoms with Crippen molar-refractivity contribution in [1.29, 1.82) is 0 Å². The lowest BCUT2D eigenvalue weighted by molar-refractivity contribution is 0.0995. The Balaban J connectivity index is 2.19. The molecule has 0 spiro atoms. The first-order chi connectivity index (χ1) is 9.08. The van der Waals surface area contributed by atoms with Crippen molar-refractivity contribution >= 4 is 16.8 Å². The van der Waals surface area contributed by atoms with Gasteiger partial charge in [-0.1, -0.05) is 0 Å². The molecule has 1 unspecified atom stereocenters. The number of nitrogens with one attached hydrogen (secondary N) is 1. The van der Waals surface area contributed by atoms with Gasteiger partial charge in [0.2, 0.25) is 0 Å².